The first-order valence-electron chi connectivity index (χ1n) is 13.1. The first-order valence-corrected chi connectivity index (χ1v) is 13.1. The average Bonchev–Trinajstić information content (AvgIpc) is 3.72. The minimum absolute atomic E-state index is 0.0558. The predicted octanol–water partition coefficient (Wildman–Crippen LogP) is 6.60. The normalized spacial score (nSPS) is 13.0. The minimum Gasteiger partial charge on any atom is -0.386 e. The molecule has 0 atom stereocenters. The van der Waals surface area contributed by atoms with E-state index in [-0.39, 0.29) is 28.4 Å². The van der Waals surface area contributed by atoms with Crippen molar-refractivity contribution < 1.29 is 26.7 Å². The van der Waals surface area contributed by atoms with Gasteiger partial charge in [-0.2, -0.15) is 13.2 Å². The van der Waals surface area contributed by atoms with Crippen LogP contribution >= 0.6 is 0 Å². The lowest BCUT2D eigenvalue weighted by molar-refractivity contribution is -0.137. The molecule has 9 nitrogen and oxygen atoms in total. The van der Waals surface area contributed by atoms with Crippen molar-refractivity contribution >= 4 is 40.3 Å². The minimum atomic E-state index is -4.42. The molecule has 0 aliphatic carbocycles. The van der Waals surface area contributed by atoms with Crippen LogP contribution in [0, 0.1) is 11.6 Å². The number of alkyl halides is 3. The standard InChI is InChI=1S/C17H13F2N7.C12H12F3NO/c1-20-11-5-4-10(18)14(12(11)19)26-16-9(3-2-6-21-16)13-15-17(24-7-22-13)25-8-23-15;13-12(14,15)10-7-9(8-17)3-4-11(10)16-5-1-2-6-16/h2-8,20H,1H3,(H,21,26)(H,22,23,24,25);3-4,7-8H,1-2,5-6H2. The predicted molar refractivity (Wildman–Crippen MR) is 152 cm³/mol. The molecule has 14 heteroatoms. The highest BCUT2D eigenvalue weighted by atomic mass is 19.4. The first-order chi connectivity index (χ1) is 20.7. The molecule has 1 fully saturated rings. The number of aromatic amines is 1. The summed E-state index contributed by atoms with van der Waals surface area (Å²) in [6.45, 7) is 1.28. The summed E-state index contributed by atoms with van der Waals surface area (Å²) in [5.74, 6) is -1.21. The van der Waals surface area contributed by atoms with Crippen molar-refractivity contribution in [2.24, 2.45) is 0 Å². The maximum Gasteiger partial charge on any atom is 0.418 e. The summed E-state index contributed by atoms with van der Waals surface area (Å²) < 4.78 is 67.3. The quantitative estimate of drug-likeness (QED) is 0.149. The molecule has 43 heavy (non-hydrogen) atoms. The Bertz CT molecular complexity index is 1750. The first kappa shape index (κ1) is 29.4. The van der Waals surface area contributed by atoms with E-state index in [0.717, 1.165) is 18.9 Å². The average molecular weight is 597 g/mol. The Morgan fingerprint density at radius 1 is 1.00 bits per heavy atom. The van der Waals surface area contributed by atoms with Crippen LogP contribution in [0.4, 0.5) is 44.8 Å². The van der Waals surface area contributed by atoms with Crippen LogP contribution in [-0.4, -0.2) is 51.3 Å². The highest BCUT2D eigenvalue weighted by molar-refractivity contribution is 5.91. The van der Waals surface area contributed by atoms with Gasteiger partial charge in [0.25, 0.3) is 0 Å². The van der Waals surface area contributed by atoms with Gasteiger partial charge in [0.15, 0.2) is 11.5 Å². The lowest BCUT2D eigenvalue weighted by Crippen LogP contribution is -2.22. The number of aromatic nitrogens is 5. The van der Waals surface area contributed by atoms with Crippen LogP contribution in [0.25, 0.3) is 22.4 Å². The molecule has 0 radical (unpaired) electrons. The third kappa shape index (κ3) is 6.22. The maximum atomic E-state index is 14.5. The number of hydrogen-bond donors (Lipinski definition) is 3. The van der Waals surface area contributed by atoms with Crippen molar-refractivity contribution in [1.29, 1.82) is 0 Å². The molecule has 0 saturated carbocycles. The number of pyridine rings is 1. The molecule has 3 aromatic heterocycles. The van der Waals surface area contributed by atoms with Gasteiger partial charge in [-0.15, -0.1) is 0 Å². The highest BCUT2D eigenvalue weighted by Crippen LogP contribution is 2.38. The van der Waals surface area contributed by atoms with Gasteiger partial charge in [0.2, 0.25) is 0 Å². The third-order valence-electron chi connectivity index (χ3n) is 6.80. The summed E-state index contributed by atoms with van der Waals surface area (Å²) in [5, 5.41) is 5.42. The second-order valence-electron chi connectivity index (χ2n) is 9.47. The monoisotopic (exact) mass is 596 g/mol. The molecule has 0 unspecified atom stereocenters. The molecule has 5 aromatic rings. The Hall–Kier alpha value is -5.14. The molecule has 0 spiro atoms. The van der Waals surface area contributed by atoms with Crippen LogP contribution in [0.5, 0.6) is 0 Å². The fraction of sp³-hybridized carbons (Fsp3) is 0.207. The molecule has 4 heterocycles. The van der Waals surface area contributed by atoms with Crippen LogP contribution in [-0.2, 0) is 6.18 Å². The van der Waals surface area contributed by atoms with E-state index >= 15 is 0 Å². The van der Waals surface area contributed by atoms with Crippen molar-refractivity contribution in [2.45, 2.75) is 19.0 Å². The second-order valence-corrected chi connectivity index (χ2v) is 9.47. The van der Waals surface area contributed by atoms with E-state index in [1.54, 1.807) is 24.1 Å². The Morgan fingerprint density at radius 3 is 2.51 bits per heavy atom. The molecule has 2 aromatic carbocycles. The van der Waals surface area contributed by atoms with Gasteiger partial charge in [0.05, 0.1) is 17.6 Å². The molecule has 6 rings (SSSR count). The Balaban J connectivity index is 0.000000188. The number of nitrogens with one attached hydrogen (secondary N) is 3. The van der Waals surface area contributed by atoms with E-state index in [0.29, 0.717) is 41.8 Å². The van der Waals surface area contributed by atoms with Gasteiger partial charge < -0.3 is 20.5 Å². The van der Waals surface area contributed by atoms with Crippen molar-refractivity contribution in [1.82, 2.24) is 24.9 Å². The van der Waals surface area contributed by atoms with Crippen LogP contribution in [0.3, 0.4) is 0 Å². The van der Waals surface area contributed by atoms with Gasteiger partial charge in [0, 0.05) is 43.1 Å². The number of nitrogens with zero attached hydrogens (tertiary/aromatic N) is 5. The number of fused-ring (bicyclic) bond motifs is 1. The molecule has 222 valence electrons. The molecule has 1 aliphatic rings. The number of imidazole rings is 1. The lowest BCUT2D eigenvalue weighted by Gasteiger charge is -2.22. The van der Waals surface area contributed by atoms with Crippen molar-refractivity contribution in [2.75, 3.05) is 35.7 Å². The number of carbonyl (C=O) groups is 1. The van der Waals surface area contributed by atoms with Crippen molar-refractivity contribution in [3.05, 3.63) is 84.1 Å². The van der Waals surface area contributed by atoms with E-state index in [9.17, 15) is 26.7 Å². The maximum absolute atomic E-state index is 14.5. The van der Waals surface area contributed by atoms with E-state index in [1.165, 1.54) is 43.1 Å². The summed E-state index contributed by atoms with van der Waals surface area (Å²) in [5.41, 5.74) is 1.56. The Morgan fingerprint density at radius 2 is 1.79 bits per heavy atom. The van der Waals surface area contributed by atoms with Crippen molar-refractivity contribution in [3.8, 4) is 11.3 Å². The summed E-state index contributed by atoms with van der Waals surface area (Å²) in [4.78, 5) is 31.9. The zero-order valence-electron chi connectivity index (χ0n) is 22.7. The molecule has 0 amide bonds. The number of anilines is 4. The van der Waals surface area contributed by atoms with E-state index in [2.05, 4.69) is 35.6 Å². The number of benzene rings is 2. The zero-order chi connectivity index (χ0) is 30.6. The molecule has 3 N–H and O–H groups in total. The summed E-state index contributed by atoms with van der Waals surface area (Å²) >= 11 is 0. The van der Waals surface area contributed by atoms with Crippen LogP contribution in [0.15, 0.2) is 61.3 Å². The Kier molecular flexibility index (Phi) is 8.46. The number of H-pyrrole nitrogens is 1. The number of halogens is 5. The molecule has 0 bridgehead atoms. The molecular formula is C29H25F5N8O. The topological polar surface area (TPSA) is 112 Å². The highest BCUT2D eigenvalue weighted by Gasteiger charge is 2.35. The smallest absolute Gasteiger partial charge is 0.386 e. The molecular weight excluding hydrogens is 571 g/mol. The van der Waals surface area contributed by atoms with Gasteiger partial charge in [-0.3, -0.25) is 4.79 Å². The van der Waals surface area contributed by atoms with E-state index in [4.69, 9.17) is 0 Å². The Labute approximate surface area is 242 Å². The van der Waals surface area contributed by atoms with Gasteiger partial charge in [-0.1, -0.05) is 0 Å². The molecule has 1 aliphatic heterocycles. The van der Waals surface area contributed by atoms with Gasteiger partial charge >= 0.3 is 6.18 Å². The number of rotatable bonds is 6. The SMILES string of the molecule is CNc1ccc(F)c(Nc2ncccc2-c2ncnc3nc[nH]c23)c1F.O=Cc1ccc(N2CCCC2)c(C(F)(F)F)c1. The van der Waals surface area contributed by atoms with E-state index < -0.39 is 23.4 Å². The fourth-order valence-electron chi connectivity index (χ4n) is 4.73. The van der Waals surface area contributed by atoms with Crippen LogP contribution in [0.2, 0.25) is 0 Å². The lowest BCUT2D eigenvalue weighted by atomic mass is 10.1. The number of carbonyl (C=O) groups excluding carboxylic acids is 1. The largest absolute Gasteiger partial charge is 0.418 e. The van der Waals surface area contributed by atoms with Crippen LogP contribution in [0.1, 0.15) is 28.8 Å². The fourth-order valence-corrected chi connectivity index (χ4v) is 4.73. The summed E-state index contributed by atoms with van der Waals surface area (Å²) in [6.07, 6.45) is 2.23. The van der Waals surface area contributed by atoms with Gasteiger partial charge in [-0.05, 0) is 55.3 Å². The van der Waals surface area contributed by atoms with Crippen LogP contribution < -0.4 is 15.5 Å². The van der Waals surface area contributed by atoms with Crippen molar-refractivity contribution in [3.63, 3.8) is 0 Å². The molecule has 1 saturated heterocycles. The number of aldehydes is 1. The van der Waals surface area contributed by atoms with E-state index in [1.807, 2.05) is 0 Å². The third-order valence-corrected chi connectivity index (χ3v) is 6.80. The second kappa shape index (κ2) is 12.4. The van der Waals surface area contributed by atoms with Gasteiger partial charge in [0.1, 0.15) is 41.1 Å². The number of hydrogen-bond acceptors (Lipinski definition) is 8. The van der Waals surface area contributed by atoms with Gasteiger partial charge in [-0.25, -0.2) is 28.7 Å². The zero-order valence-corrected chi connectivity index (χ0v) is 22.7. The summed E-state index contributed by atoms with van der Waals surface area (Å²) in [7, 11) is 1.56. The summed E-state index contributed by atoms with van der Waals surface area (Å²) in [6, 6.07) is 9.69.